The van der Waals surface area contributed by atoms with Crippen LogP contribution < -0.4 is 16.0 Å². The minimum atomic E-state index is 0.0377. The number of nitrogens with zero attached hydrogens (tertiary/aromatic N) is 1. The van der Waals surface area contributed by atoms with Crippen LogP contribution in [-0.2, 0) is 6.42 Å². The van der Waals surface area contributed by atoms with E-state index in [1.165, 1.54) is 0 Å². The summed E-state index contributed by atoms with van der Waals surface area (Å²) in [6, 6.07) is 8.18. The van der Waals surface area contributed by atoms with Crippen molar-refractivity contribution in [1.82, 2.24) is 10.4 Å². The molecule has 1 heterocycles. The Hall–Kier alpha value is -1.43. The van der Waals surface area contributed by atoms with Gasteiger partial charge in [0.25, 0.3) is 0 Å². The SMILES string of the molecule is COc1ccc(C(Cc2cncc(Br)c2)NN)cc1C. The van der Waals surface area contributed by atoms with Crippen LogP contribution >= 0.6 is 15.9 Å². The highest BCUT2D eigenvalue weighted by atomic mass is 79.9. The zero-order chi connectivity index (χ0) is 14.5. The molecule has 0 saturated heterocycles. The van der Waals surface area contributed by atoms with Gasteiger partial charge in [0.15, 0.2) is 0 Å². The number of hydrazine groups is 1. The van der Waals surface area contributed by atoms with Gasteiger partial charge in [-0.1, -0.05) is 12.1 Å². The normalized spacial score (nSPS) is 12.2. The van der Waals surface area contributed by atoms with E-state index in [9.17, 15) is 0 Å². The number of nitrogens with one attached hydrogen (secondary N) is 1. The third-order valence-corrected chi connectivity index (χ3v) is 3.66. The maximum Gasteiger partial charge on any atom is 0.121 e. The van der Waals surface area contributed by atoms with E-state index in [1.807, 2.05) is 31.3 Å². The standard InChI is InChI=1S/C15H18BrN3O/c1-10-5-12(3-4-15(10)20-2)14(19-17)7-11-6-13(16)9-18-8-11/h3-6,8-9,14,19H,7,17H2,1-2H3. The average molecular weight is 336 g/mol. The predicted octanol–water partition coefficient (Wildman–Crippen LogP) is 2.91. The van der Waals surface area contributed by atoms with E-state index in [4.69, 9.17) is 10.6 Å². The van der Waals surface area contributed by atoms with E-state index in [-0.39, 0.29) is 6.04 Å². The Morgan fingerprint density at radius 3 is 2.75 bits per heavy atom. The molecule has 5 heteroatoms. The average Bonchev–Trinajstić information content (AvgIpc) is 2.44. The lowest BCUT2D eigenvalue weighted by Crippen LogP contribution is -2.29. The van der Waals surface area contributed by atoms with Crippen molar-refractivity contribution < 1.29 is 4.74 Å². The van der Waals surface area contributed by atoms with E-state index >= 15 is 0 Å². The van der Waals surface area contributed by atoms with Gasteiger partial charge in [0.2, 0.25) is 0 Å². The monoisotopic (exact) mass is 335 g/mol. The van der Waals surface area contributed by atoms with Crippen molar-refractivity contribution in [2.75, 3.05) is 7.11 Å². The number of halogens is 1. The molecule has 4 nitrogen and oxygen atoms in total. The molecule has 0 spiro atoms. The number of nitrogens with two attached hydrogens (primary N) is 1. The van der Waals surface area contributed by atoms with E-state index in [0.717, 1.165) is 33.3 Å². The van der Waals surface area contributed by atoms with Crippen LogP contribution in [0.15, 0.2) is 41.1 Å². The maximum atomic E-state index is 5.70. The first-order valence-corrected chi connectivity index (χ1v) is 7.13. The number of hydrogen-bond acceptors (Lipinski definition) is 4. The summed E-state index contributed by atoms with van der Waals surface area (Å²) in [5.41, 5.74) is 6.21. The summed E-state index contributed by atoms with van der Waals surface area (Å²) in [6.45, 7) is 2.02. The lowest BCUT2D eigenvalue weighted by Gasteiger charge is -2.18. The number of hydrogen-bond donors (Lipinski definition) is 2. The van der Waals surface area contributed by atoms with Gasteiger partial charge in [0.1, 0.15) is 5.75 Å². The molecule has 0 amide bonds. The molecule has 0 fully saturated rings. The molecule has 0 aliphatic rings. The Bertz CT molecular complexity index is 589. The summed E-state index contributed by atoms with van der Waals surface area (Å²) in [5.74, 6) is 6.58. The van der Waals surface area contributed by atoms with Gasteiger partial charge in [-0.15, -0.1) is 0 Å². The summed E-state index contributed by atoms with van der Waals surface area (Å²) in [4.78, 5) is 4.17. The number of pyridine rings is 1. The van der Waals surface area contributed by atoms with Crippen molar-refractivity contribution in [2.24, 2.45) is 5.84 Å². The molecular formula is C15H18BrN3O. The molecule has 1 unspecified atom stereocenters. The highest BCUT2D eigenvalue weighted by Gasteiger charge is 2.12. The molecule has 0 aliphatic carbocycles. The highest BCUT2D eigenvalue weighted by molar-refractivity contribution is 9.10. The molecule has 0 saturated carbocycles. The molecule has 1 aromatic carbocycles. The number of aryl methyl sites for hydroxylation is 1. The third kappa shape index (κ3) is 3.56. The largest absolute Gasteiger partial charge is 0.496 e. The lowest BCUT2D eigenvalue weighted by molar-refractivity contribution is 0.411. The highest BCUT2D eigenvalue weighted by Crippen LogP contribution is 2.24. The fraction of sp³-hybridized carbons (Fsp3) is 0.267. The van der Waals surface area contributed by atoms with Crippen LogP contribution in [0.5, 0.6) is 5.75 Å². The Balaban J connectivity index is 2.22. The molecule has 2 rings (SSSR count). The van der Waals surface area contributed by atoms with Gasteiger partial charge < -0.3 is 4.74 Å². The summed E-state index contributed by atoms with van der Waals surface area (Å²) in [7, 11) is 1.67. The van der Waals surface area contributed by atoms with Gasteiger partial charge in [0.05, 0.1) is 13.2 Å². The molecule has 0 bridgehead atoms. The topological polar surface area (TPSA) is 60.2 Å². The van der Waals surface area contributed by atoms with E-state index < -0.39 is 0 Å². The van der Waals surface area contributed by atoms with Gasteiger partial charge in [-0.3, -0.25) is 16.3 Å². The van der Waals surface area contributed by atoms with Gasteiger partial charge in [-0.05, 0) is 58.1 Å². The fourth-order valence-corrected chi connectivity index (χ4v) is 2.61. The van der Waals surface area contributed by atoms with Crippen LogP contribution in [0, 0.1) is 6.92 Å². The quantitative estimate of drug-likeness (QED) is 0.651. The first kappa shape index (κ1) is 15.0. The molecule has 0 radical (unpaired) electrons. The molecule has 20 heavy (non-hydrogen) atoms. The van der Waals surface area contributed by atoms with Crippen molar-refractivity contribution >= 4 is 15.9 Å². The zero-order valence-corrected chi connectivity index (χ0v) is 13.1. The first-order valence-electron chi connectivity index (χ1n) is 6.34. The number of methoxy groups -OCH3 is 1. The lowest BCUT2D eigenvalue weighted by atomic mass is 9.98. The van der Waals surface area contributed by atoms with Gasteiger partial charge >= 0.3 is 0 Å². The second kappa shape index (κ2) is 6.83. The Kier molecular flexibility index (Phi) is 5.11. The van der Waals surface area contributed by atoms with Gasteiger partial charge in [-0.2, -0.15) is 0 Å². The minimum Gasteiger partial charge on any atom is -0.496 e. The van der Waals surface area contributed by atoms with Crippen molar-refractivity contribution in [2.45, 2.75) is 19.4 Å². The van der Waals surface area contributed by atoms with E-state index in [0.29, 0.717) is 0 Å². The number of rotatable bonds is 5. The molecule has 106 valence electrons. The summed E-state index contributed by atoms with van der Waals surface area (Å²) >= 11 is 3.43. The summed E-state index contributed by atoms with van der Waals surface area (Å²) < 4.78 is 6.25. The van der Waals surface area contributed by atoms with Crippen LogP contribution in [0.1, 0.15) is 22.7 Å². The Morgan fingerprint density at radius 1 is 1.35 bits per heavy atom. The van der Waals surface area contributed by atoms with Gasteiger partial charge in [-0.25, -0.2) is 0 Å². The summed E-state index contributed by atoms with van der Waals surface area (Å²) in [6.07, 6.45) is 4.39. The third-order valence-electron chi connectivity index (χ3n) is 3.22. The molecule has 3 N–H and O–H groups in total. The number of benzene rings is 1. The van der Waals surface area contributed by atoms with Crippen LogP contribution in [0.2, 0.25) is 0 Å². The summed E-state index contributed by atoms with van der Waals surface area (Å²) in [5, 5.41) is 0. The first-order chi connectivity index (χ1) is 9.63. The molecular weight excluding hydrogens is 318 g/mol. The minimum absolute atomic E-state index is 0.0377. The fourth-order valence-electron chi connectivity index (χ4n) is 2.19. The van der Waals surface area contributed by atoms with Crippen LogP contribution in [0.3, 0.4) is 0 Å². The van der Waals surface area contributed by atoms with Crippen molar-refractivity contribution in [3.63, 3.8) is 0 Å². The molecule has 2 aromatic rings. The zero-order valence-electron chi connectivity index (χ0n) is 11.6. The molecule has 0 aliphatic heterocycles. The predicted molar refractivity (Wildman–Crippen MR) is 83.4 cm³/mol. The van der Waals surface area contributed by atoms with Crippen LogP contribution in [0.25, 0.3) is 0 Å². The number of ether oxygens (including phenoxy) is 1. The van der Waals surface area contributed by atoms with Crippen LogP contribution in [0.4, 0.5) is 0 Å². The number of aromatic nitrogens is 1. The van der Waals surface area contributed by atoms with Crippen molar-refractivity contribution in [3.05, 3.63) is 57.8 Å². The Labute approximate surface area is 127 Å². The maximum absolute atomic E-state index is 5.70. The second-order valence-corrected chi connectivity index (χ2v) is 5.58. The van der Waals surface area contributed by atoms with Gasteiger partial charge in [0, 0.05) is 16.9 Å². The van der Waals surface area contributed by atoms with E-state index in [1.54, 1.807) is 13.3 Å². The second-order valence-electron chi connectivity index (χ2n) is 4.66. The van der Waals surface area contributed by atoms with Crippen molar-refractivity contribution in [3.8, 4) is 5.75 Å². The molecule has 1 aromatic heterocycles. The Morgan fingerprint density at radius 2 is 2.15 bits per heavy atom. The molecule has 1 atom stereocenters. The van der Waals surface area contributed by atoms with E-state index in [2.05, 4.69) is 32.4 Å². The van der Waals surface area contributed by atoms with Crippen molar-refractivity contribution in [1.29, 1.82) is 0 Å². The van der Waals surface area contributed by atoms with Crippen LogP contribution in [-0.4, -0.2) is 12.1 Å². The smallest absolute Gasteiger partial charge is 0.121 e.